The maximum absolute atomic E-state index is 12.0. The van der Waals surface area contributed by atoms with E-state index in [9.17, 15) is 9.90 Å². The van der Waals surface area contributed by atoms with E-state index >= 15 is 0 Å². The number of rotatable bonds is 5. The molecule has 2 atom stereocenters. The summed E-state index contributed by atoms with van der Waals surface area (Å²) in [7, 11) is 0. The molecule has 1 aliphatic rings. The standard InChI is InChI=1S/C15H22N2O3/c1-4-20-12-9-15(19,14(12,2)3)10-17-13(18)11-5-7-16-8-6-11/h5-8,12,19H,4,9-10H2,1-3H3,(H,17,18). The fourth-order valence-corrected chi connectivity index (χ4v) is 2.59. The number of nitrogens with zero attached hydrogens (tertiary/aromatic N) is 1. The lowest BCUT2D eigenvalue weighted by Crippen LogP contribution is -2.68. The molecule has 5 nitrogen and oxygen atoms in total. The summed E-state index contributed by atoms with van der Waals surface area (Å²) >= 11 is 0. The normalized spacial score (nSPS) is 27.7. The van der Waals surface area contributed by atoms with E-state index in [1.54, 1.807) is 24.5 Å². The first-order valence-electron chi connectivity index (χ1n) is 6.93. The third-order valence-corrected chi connectivity index (χ3v) is 4.38. The molecule has 0 saturated heterocycles. The Hall–Kier alpha value is -1.46. The van der Waals surface area contributed by atoms with E-state index in [0.717, 1.165) is 0 Å². The molecule has 2 N–H and O–H groups in total. The molecule has 1 saturated carbocycles. The average Bonchev–Trinajstić information content (AvgIpc) is 2.45. The Morgan fingerprint density at radius 3 is 2.70 bits per heavy atom. The molecular weight excluding hydrogens is 256 g/mol. The summed E-state index contributed by atoms with van der Waals surface area (Å²) in [5, 5.41) is 13.4. The SMILES string of the molecule is CCOC1CC(O)(CNC(=O)c2ccncc2)C1(C)C. The molecule has 110 valence electrons. The van der Waals surface area contributed by atoms with Gasteiger partial charge in [-0.15, -0.1) is 0 Å². The van der Waals surface area contributed by atoms with Crippen LogP contribution in [0.5, 0.6) is 0 Å². The number of aromatic nitrogens is 1. The monoisotopic (exact) mass is 278 g/mol. The van der Waals surface area contributed by atoms with Gasteiger partial charge in [0.2, 0.25) is 0 Å². The van der Waals surface area contributed by atoms with Crippen molar-refractivity contribution in [2.24, 2.45) is 5.41 Å². The topological polar surface area (TPSA) is 71.5 Å². The van der Waals surface area contributed by atoms with Crippen molar-refractivity contribution in [3.8, 4) is 0 Å². The summed E-state index contributed by atoms with van der Waals surface area (Å²) in [5.41, 5.74) is -0.744. The second-order valence-electron chi connectivity index (χ2n) is 5.82. The predicted molar refractivity (Wildman–Crippen MR) is 75.3 cm³/mol. The molecule has 2 rings (SSSR count). The van der Waals surface area contributed by atoms with E-state index < -0.39 is 5.60 Å². The van der Waals surface area contributed by atoms with Crippen molar-refractivity contribution in [1.29, 1.82) is 0 Å². The van der Waals surface area contributed by atoms with Gasteiger partial charge < -0.3 is 15.2 Å². The summed E-state index contributed by atoms with van der Waals surface area (Å²) < 4.78 is 5.60. The van der Waals surface area contributed by atoms with Gasteiger partial charge in [-0.25, -0.2) is 0 Å². The molecule has 1 amide bonds. The lowest BCUT2D eigenvalue weighted by atomic mass is 9.56. The molecular formula is C15H22N2O3. The zero-order valence-corrected chi connectivity index (χ0v) is 12.2. The van der Waals surface area contributed by atoms with Crippen molar-refractivity contribution in [3.63, 3.8) is 0 Å². The molecule has 2 unspecified atom stereocenters. The van der Waals surface area contributed by atoms with Gasteiger partial charge in [0.15, 0.2) is 0 Å². The van der Waals surface area contributed by atoms with Gasteiger partial charge >= 0.3 is 0 Å². The van der Waals surface area contributed by atoms with E-state index in [-0.39, 0.29) is 24.0 Å². The maximum atomic E-state index is 12.0. The second-order valence-corrected chi connectivity index (χ2v) is 5.82. The Morgan fingerprint density at radius 2 is 2.15 bits per heavy atom. The van der Waals surface area contributed by atoms with Crippen molar-refractivity contribution in [1.82, 2.24) is 10.3 Å². The summed E-state index contributed by atoms with van der Waals surface area (Å²) in [6.45, 7) is 6.74. The van der Waals surface area contributed by atoms with Crippen LogP contribution in [0.4, 0.5) is 0 Å². The molecule has 1 aliphatic carbocycles. The van der Waals surface area contributed by atoms with Crippen molar-refractivity contribution in [2.45, 2.75) is 38.9 Å². The summed E-state index contributed by atoms with van der Waals surface area (Å²) in [6, 6.07) is 3.29. The number of hydrogen-bond acceptors (Lipinski definition) is 4. The summed E-state index contributed by atoms with van der Waals surface area (Å²) in [6.07, 6.45) is 3.73. The van der Waals surface area contributed by atoms with Crippen LogP contribution in [0.25, 0.3) is 0 Å². The van der Waals surface area contributed by atoms with Gasteiger partial charge in [0.1, 0.15) is 0 Å². The highest BCUT2D eigenvalue weighted by molar-refractivity contribution is 5.94. The molecule has 0 aliphatic heterocycles. The third kappa shape index (κ3) is 2.55. The molecule has 0 bridgehead atoms. The summed E-state index contributed by atoms with van der Waals surface area (Å²) in [4.78, 5) is 15.8. The highest BCUT2D eigenvalue weighted by atomic mass is 16.5. The van der Waals surface area contributed by atoms with Gasteiger partial charge in [0.05, 0.1) is 11.7 Å². The van der Waals surface area contributed by atoms with E-state index in [0.29, 0.717) is 18.6 Å². The first-order chi connectivity index (χ1) is 9.40. The van der Waals surface area contributed by atoms with Crippen molar-refractivity contribution in [2.75, 3.05) is 13.2 Å². The molecule has 1 aromatic rings. The van der Waals surface area contributed by atoms with Gasteiger partial charge in [-0.3, -0.25) is 9.78 Å². The molecule has 0 radical (unpaired) electrons. The van der Waals surface area contributed by atoms with E-state index in [1.807, 2.05) is 20.8 Å². The molecule has 0 aromatic carbocycles. The minimum absolute atomic E-state index is 0.0373. The number of ether oxygens (including phenoxy) is 1. The Morgan fingerprint density at radius 1 is 1.50 bits per heavy atom. The van der Waals surface area contributed by atoms with E-state index in [4.69, 9.17) is 4.74 Å². The van der Waals surface area contributed by atoms with Crippen LogP contribution in [-0.2, 0) is 4.74 Å². The number of hydrogen-bond donors (Lipinski definition) is 2. The Balaban J connectivity index is 1.93. The summed E-state index contributed by atoms with van der Waals surface area (Å²) in [5.74, 6) is -0.198. The zero-order valence-electron chi connectivity index (χ0n) is 12.2. The quantitative estimate of drug-likeness (QED) is 0.853. The Bertz CT molecular complexity index is 475. The number of carbonyl (C=O) groups excluding carboxylic acids is 1. The highest BCUT2D eigenvalue weighted by Gasteiger charge is 2.59. The van der Waals surface area contributed by atoms with Gasteiger partial charge in [0.25, 0.3) is 5.91 Å². The number of amides is 1. The van der Waals surface area contributed by atoms with Gasteiger partial charge in [-0.1, -0.05) is 13.8 Å². The molecule has 5 heteroatoms. The van der Waals surface area contributed by atoms with Gasteiger partial charge in [-0.05, 0) is 19.1 Å². The predicted octanol–water partition coefficient (Wildman–Crippen LogP) is 1.38. The zero-order chi connectivity index (χ0) is 14.8. The first-order valence-corrected chi connectivity index (χ1v) is 6.93. The van der Waals surface area contributed by atoms with E-state index in [1.165, 1.54) is 0 Å². The number of aliphatic hydroxyl groups is 1. The van der Waals surface area contributed by atoms with Crippen LogP contribution in [0, 0.1) is 5.41 Å². The average molecular weight is 278 g/mol. The lowest BCUT2D eigenvalue weighted by molar-refractivity contribution is -0.237. The largest absolute Gasteiger partial charge is 0.387 e. The molecule has 0 spiro atoms. The fraction of sp³-hybridized carbons (Fsp3) is 0.600. The van der Waals surface area contributed by atoms with Crippen LogP contribution in [0.1, 0.15) is 37.6 Å². The molecule has 1 aromatic heterocycles. The van der Waals surface area contributed by atoms with Crippen molar-refractivity contribution >= 4 is 5.91 Å². The van der Waals surface area contributed by atoms with Crippen molar-refractivity contribution < 1.29 is 14.6 Å². The van der Waals surface area contributed by atoms with E-state index in [2.05, 4.69) is 10.3 Å². The first kappa shape index (κ1) is 14.9. The van der Waals surface area contributed by atoms with Crippen LogP contribution in [-0.4, -0.2) is 40.9 Å². The minimum Gasteiger partial charge on any atom is -0.387 e. The molecule has 20 heavy (non-hydrogen) atoms. The minimum atomic E-state index is -0.921. The van der Waals surface area contributed by atoms with Crippen LogP contribution in [0.2, 0.25) is 0 Å². The smallest absolute Gasteiger partial charge is 0.251 e. The Kier molecular flexibility index (Phi) is 4.11. The molecule has 1 heterocycles. The Labute approximate surface area is 119 Å². The van der Waals surface area contributed by atoms with Crippen LogP contribution < -0.4 is 5.32 Å². The van der Waals surface area contributed by atoms with Crippen LogP contribution in [0.3, 0.4) is 0 Å². The van der Waals surface area contributed by atoms with Gasteiger partial charge in [-0.2, -0.15) is 0 Å². The third-order valence-electron chi connectivity index (χ3n) is 4.38. The van der Waals surface area contributed by atoms with Crippen molar-refractivity contribution in [3.05, 3.63) is 30.1 Å². The number of nitrogens with one attached hydrogen (secondary N) is 1. The fourth-order valence-electron chi connectivity index (χ4n) is 2.59. The lowest BCUT2D eigenvalue weighted by Gasteiger charge is -2.57. The van der Waals surface area contributed by atoms with Crippen LogP contribution >= 0.6 is 0 Å². The number of carbonyl (C=O) groups is 1. The van der Waals surface area contributed by atoms with Gasteiger partial charge in [0, 0.05) is 42.9 Å². The maximum Gasteiger partial charge on any atom is 0.251 e. The van der Waals surface area contributed by atoms with Crippen LogP contribution in [0.15, 0.2) is 24.5 Å². The highest BCUT2D eigenvalue weighted by Crippen LogP contribution is 2.50. The second kappa shape index (κ2) is 5.50. The molecule has 1 fully saturated rings. The number of pyridine rings is 1.